The number of esters is 1. The van der Waals surface area contributed by atoms with Crippen LogP contribution in [0.15, 0.2) is 146 Å². The van der Waals surface area contributed by atoms with Crippen molar-refractivity contribution in [1.82, 2.24) is 30.0 Å². The summed E-state index contributed by atoms with van der Waals surface area (Å²) in [5.41, 5.74) is 5.41. The standard InChI is InChI=1S/C21H17N3O4.C13H11N3O2.C9H9BrO2.2CH4/c1-27-15-11-12-19(28-20(21(25)26)14-7-3-2-4-8-14)18(13-15)24-22-16-9-5-6-10-17(16)23-24;1-18-9-6-7-13(17)12(8-9)16-14-10-4-2-3-5-11(10)15-16;1-12-9(11)8(10)7-5-3-2-4-6-7;;/h2-13,20H,1H3,(H,25,26);2-8,17H,1H3;2-6,8H,1H3;2*1H4. The van der Waals surface area contributed by atoms with Gasteiger partial charge in [-0.2, -0.15) is 0 Å². The van der Waals surface area contributed by atoms with Gasteiger partial charge in [0, 0.05) is 17.7 Å². The number of benzene rings is 6. The number of ether oxygens (including phenoxy) is 4. The average molecular weight is 878 g/mol. The number of aromatic hydroxyl groups is 1. The van der Waals surface area contributed by atoms with E-state index in [1.165, 1.54) is 16.7 Å². The van der Waals surface area contributed by atoms with E-state index < -0.39 is 12.1 Å². The van der Waals surface area contributed by atoms with E-state index >= 15 is 0 Å². The molecular formula is C45H45BrN6O8. The van der Waals surface area contributed by atoms with E-state index in [0.717, 1.165) is 16.6 Å². The molecule has 0 amide bonds. The minimum absolute atomic E-state index is 0. The normalized spacial score (nSPS) is 11.2. The summed E-state index contributed by atoms with van der Waals surface area (Å²) in [4.78, 5) is 25.3. The first-order chi connectivity index (χ1) is 28.2. The summed E-state index contributed by atoms with van der Waals surface area (Å²) in [5.74, 6) is 0.292. The highest BCUT2D eigenvalue weighted by atomic mass is 79.9. The van der Waals surface area contributed by atoms with Gasteiger partial charge in [-0.05, 0) is 54.1 Å². The van der Waals surface area contributed by atoms with Crippen LogP contribution in [0.1, 0.15) is 36.9 Å². The Balaban J connectivity index is 0.000000214. The molecule has 2 atom stereocenters. The highest BCUT2D eigenvalue weighted by Gasteiger charge is 2.24. The van der Waals surface area contributed by atoms with Crippen LogP contribution in [0.3, 0.4) is 0 Å². The molecule has 2 unspecified atom stereocenters. The Morgan fingerprint density at radius 2 is 1.00 bits per heavy atom. The maximum absolute atomic E-state index is 11.8. The van der Waals surface area contributed by atoms with Crippen LogP contribution in [0.5, 0.6) is 23.0 Å². The molecule has 8 aromatic rings. The number of fused-ring (bicyclic) bond motifs is 2. The van der Waals surface area contributed by atoms with E-state index in [-0.39, 0.29) is 31.4 Å². The Hall–Kier alpha value is -7.26. The Kier molecular flexibility index (Phi) is 16.3. The molecule has 60 heavy (non-hydrogen) atoms. The van der Waals surface area contributed by atoms with Crippen LogP contribution in [-0.2, 0) is 14.3 Å². The predicted molar refractivity (Wildman–Crippen MR) is 234 cm³/mol. The van der Waals surface area contributed by atoms with Gasteiger partial charge in [-0.3, -0.25) is 4.79 Å². The molecule has 6 aromatic carbocycles. The average Bonchev–Trinajstić information content (AvgIpc) is 3.91. The molecule has 0 saturated heterocycles. The van der Waals surface area contributed by atoms with Crippen LogP contribution < -0.4 is 14.2 Å². The molecule has 310 valence electrons. The zero-order chi connectivity index (χ0) is 41.0. The third kappa shape index (κ3) is 11.0. The van der Waals surface area contributed by atoms with Gasteiger partial charge in [0.2, 0.25) is 6.10 Å². The van der Waals surface area contributed by atoms with Crippen LogP contribution >= 0.6 is 15.9 Å². The Labute approximate surface area is 355 Å². The summed E-state index contributed by atoms with van der Waals surface area (Å²) in [7, 11) is 4.50. The highest BCUT2D eigenvalue weighted by Crippen LogP contribution is 2.32. The number of halogens is 1. The summed E-state index contributed by atoms with van der Waals surface area (Å²) in [5, 5.41) is 37.1. The van der Waals surface area contributed by atoms with Crippen molar-refractivity contribution in [3.8, 4) is 34.4 Å². The molecule has 2 aromatic heterocycles. The number of phenolic OH excluding ortho intramolecular Hbond substituents is 1. The Morgan fingerprint density at radius 3 is 1.45 bits per heavy atom. The van der Waals surface area contributed by atoms with E-state index in [1.807, 2.05) is 84.9 Å². The summed E-state index contributed by atoms with van der Waals surface area (Å²) >= 11 is 3.24. The molecule has 14 nitrogen and oxygen atoms in total. The van der Waals surface area contributed by atoms with Crippen LogP contribution in [0, 0.1) is 0 Å². The number of rotatable bonds is 10. The zero-order valence-corrected chi connectivity index (χ0v) is 33.0. The fourth-order valence-electron chi connectivity index (χ4n) is 5.48. The van der Waals surface area contributed by atoms with Crippen molar-refractivity contribution < 1.29 is 38.7 Å². The number of aromatic nitrogens is 6. The number of carboxylic acid groups (broad SMARTS) is 1. The van der Waals surface area contributed by atoms with Gasteiger partial charge < -0.3 is 29.2 Å². The molecule has 8 rings (SSSR count). The van der Waals surface area contributed by atoms with Gasteiger partial charge in [0.05, 0.1) is 21.3 Å². The summed E-state index contributed by atoms with van der Waals surface area (Å²) in [6.45, 7) is 0. The summed E-state index contributed by atoms with van der Waals surface area (Å²) in [6, 6.07) is 43.2. The topological polar surface area (TPSA) is 173 Å². The maximum Gasteiger partial charge on any atom is 0.349 e. The number of hydrogen-bond donors (Lipinski definition) is 2. The first-order valence-corrected chi connectivity index (χ1v) is 18.5. The fraction of sp³-hybridized carbons (Fsp3) is 0.156. The minimum atomic E-state index is -1.17. The first-order valence-electron chi connectivity index (χ1n) is 17.6. The number of carboxylic acids is 1. The number of alkyl halides is 1. The van der Waals surface area contributed by atoms with Crippen molar-refractivity contribution in [2.24, 2.45) is 0 Å². The van der Waals surface area contributed by atoms with Crippen molar-refractivity contribution in [3.63, 3.8) is 0 Å². The summed E-state index contributed by atoms with van der Waals surface area (Å²) in [6.07, 6.45) is -1.17. The Bertz CT molecular complexity index is 2550. The van der Waals surface area contributed by atoms with E-state index in [1.54, 1.807) is 74.9 Å². The van der Waals surface area contributed by atoms with Crippen molar-refractivity contribution in [1.29, 1.82) is 0 Å². The molecule has 2 heterocycles. The maximum atomic E-state index is 11.8. The summed E-state index contributed by atoms with van der Waals surface area (Å²) < 4.78 is 20.9. The van der Waals surface area contributed by atoms with Gasteiger partial charge in [0.15, 0.2) is 0 Å². The highest BCUT2D eigenvalue weighted by molar-refractivity contribution is 9.09. The molecule has 0 bridgehead atoms. The van der Waals surface area contributed by atoms with E-state index in [0.29, 0.717) is 45.2 Å². The third-order valence-electron chi connectivity index (χ3n) is 8.42. The number of hydrogen-bond acceptors (Lipinski definition) is 11. The van der Waals surface area contributed by atoms with E-state index in [9.17, 15) is 19.8 Å². The van der Waals surface area contributed by atoms with Crippen LogP contribution in [-0.4, -0.2) is 73.5 Å². The lowest BCUT2D eigenvalue weighted by Crippen LogP contribution is -2.19. The number of carbonyl (C=O) groups is 2. The van der Waals surface area contributed by atoms with E-state index in [2.05, 4.69) is 41.1 Å². The van der Waals surface area contributed by atoms with Gasteiger partial charge in [-0.15, -0.1) is 30.0 Å². The minimum Gasteiger partial charge on any atom is -0.506 e. The predicted octanol–water partition coefficient (Wildman–Crippen LogP) is 9.34. The quantitative estimate of drug-likeness (QED) is 0.0986. The monoisotopic (exact) mass is 876 g/mol. The molecule has 0 aliphatic rings. The van der Waals surface area contributed by atoms with Gasteiger partial charge in [-0.25, -0.2) is 4.79 Å². The van der Waals surface area contributed by atoms with Crippen molar-refractivity contribution >= 4 is 49.9 Å². The lowest BCUT2D eigenvalue weighted by molar-refractivity contribution is -0.145. The number of carbonyl (C=O) groups excluding carboxylic acids is 1. The second kappa shape index (κ2) is 21.5. The molecule has 0 saturated carbocycles. The van der Waals surface area contributed by atoms with Gasteiger partial charge in [0.25, 0.3) is 0 Å². The molecule has 0 aliphatic heterocycles. The molecule has 0 radical (unpaired) electrons. The van der Waals surface area contributed by atoms with E-state index in [4.69, 9.17) is 14.2 Å². The first kappa shape index (κ1) is 45.4. The fourth-order valence-corrected chi connectivity index (χ4v) is 5.97. The number of aliphatic carboxylic acids is 1. The third-order valence-corrected chi connectivity index (χ3v) is 9.33. The SMILES string of the molecule is C.C.COC(=O)C(Br)c1ccccc1.COc1ccc(O)c(-n2nc3ccccc3n2)c1.COc1ccc(OC(C(=O)O)c2ccccc2)c(-n2nc3ccccc3n2)c1. The number of methoxy groups -OCH3 is 3. The zero-order valence-electron chi connectivity index (χ0n) is 31.4. The number of phenols is 1. The molecule has 0 aliphatic carbocycles. The molecule has 0 fully saturated rings. The van der Waals surface area contributed by atoms with Crippen molar-refractivity contribution in [2.75, 3.05) is 21.3 Å². The van der Waals surface area contributed by atoms with Gasteiger partial charge in [-0.1, -0.05) is 116 Å². The van der Waals surface area contributed by atoms with Gasteiger partial charge >= 0.3 is 11.9 Å². The smallest absolute Gasteiger partial charge is 0.349 e. The van der Waals surface area contributed by atoms with Crippen molar-refractivity contribution in [3.05, 3.63) is 157 Å². The van der Waals surface area contributed by atoms with Crippen LogP contribution in [0.4, 0.5) is 0 Å². The van der Waals surface area contributed by atoms with Gasteiger partial charge in [0.1, 0.15) is 61.3 Å². The second-order valence-corrected chi connectivity index (χ2v) is 13.1. The van der Waals surface area contributed by atoms with Crippen molar-refractivity contribution in [2.45, 2.75) is 25.8 Å². The largest absolute Gasteiger partial charge is 0.506 e. The Morgan fingerprint density at radius 1 is 0.583 bits per heavy atom. The lowest BCUT2D eigenvalue weighted by Gasteiger charge is -2.18. The molecular weight excluding hydrogens is 832 g/mol. The number of nitrogens with zero attached hydrogens (tertiary/aromatic N) is 6. The van der Waals surface area contributed by atoms with Crippen LogP contribution in [0.2, 0.25) is 0 Å². The molecule has 2 N–H and O–H groups in total. The lowest BCUT2D eigenvalue weighted by atomic mass is 10.1. The molecule has 0 spiro atoms. The molecule has 15 heteroatoms. The second-order valence-electron chi connectivity index (χ2n) is 12.2. The van der Waals surface area contributed by atoms with Crippen LogP contribution in [0.25, 0.3) is 33.4 Å².